The van der Waals surface area contributed by atoms with E-state index >= 15 is 0 Å². The molecule has 1 aliphatic rings. The molecule has 0 saturated carbocycles. The average molecular weight is 917 g/mol. The Labute approximate surface area is 392 Å². The maximum Gasteiger partial charge on any atom is 0.335 e. The minimum absolute atomic E-state index is 0.0612. The zero-order valence-corrected chi connectivity index (χ0v) is 40.5. The summed E-state index contributed by atoms with van der Waals surface area (Å²) in [6, 6.07) is 0. The van der Waals surface area contributed by atoms with Crippen molar-refractivity contribution in [3.8, 4) is 0 Å². The van der Waals surface area contributed by atoms with Crippen molar-refractivity contribution < 1.29 is 58.2 Å². The summed E-state index contributed by atoms with van der Waals surface area (Å²) in [5.41, 5.74) is 0. The summed E-state index contributed by atoms with van der Waals surface area (Å²) in [5, 5.41) is 31.2. The molecule has 12 nitrogen and oxygen atoms in total. The van der Waals surface area contributed by atoms with Gasteiger partial charge < -0.3 is 39.0 Å². The van der Waals surface area contributed by atoms with Gasteiger partial charge in [-0.3, -0.25) is 14.4 Å². The van der Waals surface area contributed by atoms with Gasteiger partial charge in [0.05, 0.1) is 6.61 Å². The number of allylic oxidation sites excluding steroid dienone is 10. The number of carbonyl (C=O) groups excluding carboxylic acids is 3. The third-order valence-corrected chi connectivity index (χ3v) is 11.1. The number of hydrogen-bond donors (Lipinski definition) is 3. The minimum Gasteiger partial charge on any atom is -0.479 e. The quantitative estimate of drug-likeness (QED) is 0.0229. The Morgan fingerprint density at radius 1 is 0.523 bits per heavy atom. The number of rotatable bonds is 41. The molecular formula is C53H88O12. The molecule has 0 bridgehead atoms. The first-order chi connectivity index (χ1) is 31.6. The number of aliphatic hydroxyl groups is 2. The van der Waals surface area contributed by atoms with E-state index in [-0.39, 0.29) is 25.9 Å². The van der Waals surface area contributed by atoms with Crippen LogP contribution in [0.15, 0.2) is 60.8 Å². The molecule has 6 unspecified atom stereocenters. The van der Waals surface area contributed by atoms with Gasteiger partial charge in [-0.25, -0.2) is 4.79 Å². The van der Waals surface area contributed by atoms with Crippen molar-refractivity contribution in [2.75, 3.05) is 13.2 Å². The molecule has 0 aliphatic carbocycles. The molecule has 0 aromatic rings. The van der Waals surface area contributed by atoms with Crippen LogP contribution in [0.5, 0.6) is 0 Å². The summed E-state index contributed by atoms with van der Waals surface area (Å²) in [4.78, 5) is 50.6. The van der Waals surface area contributed by atoms with E-state index < -0.39 is 67.3 Å². The summed E-state index contributed by atoms with van der Waals surface area (Å²) in [6.45, 7) is 5.75. The molecule has 65 heavy (non-hydrogen) atoms. The molecule has 3 N–H and O–H groups in total. The van der Waals surface area contributed by atoms with Crippen molar-refractivity contribution in [1.82, 2.24) is 0 Å². The number of carboxylic acid groups (broad SMARTS) is 1. The fraction of sp³-hybridized carbons (Fsp3) is 0.736. The van der Waals surface area contributed by atoms with Crippen LogP contribution in [0.1, 0.15) is 201 Å². The van der Waals surface area contributed by atoms with Crippen LogP contribution in [0.25, 0.3) is 0 Å². The lowest BCUT2D eigenvalue weighted by Crippen LogP contribution is -2.61. The van der Waals surface area contributed by atoms with Crippen LogP contribution in [0.4, 0.5) is 0 Å². The summed E-state index contributed by atoms with van der Waals surface area (Å²) in [5.74, 6) is -3.24. The van der Waals surface area contributed by atoms with Crippen LogP contribution in [0, 0.1) is 0 Å². The Morgan fingerprint density at radius 2 is 1.02 bits per heavy atom. The lowest BCUT2D eigenvalue weighted by Gasteiger charge is -2.40. The highest BCUT2D eigenvalue weighted by Gasteiger charge is 2.50. The normalized spacial score (nSPS) is 19.6. The van der Waals surface area contributed by atoms with Gasteiger partial charge in [-0.2, -0.15) is 0 Å². The van der Waals surface area contributed by atoms with E-state index in [1.54, 1.807) is 0 Å². The predicted molar refractivity (Wildman–Crippen MR) is 257 cm³/mol. The second-order valence-corrected chi connectivity index (χ2v) is 17.1. The van der Waals surface area contributed by atoms with Crippen molar-refractivity contribution in [1.29, 1.82) is 0 Å². The Balaban J connectivity index is 2.80. The van der Waals surface area contributed by atoms with Crippen LogP contribution in [0.3, 0.4) is 0 Å². The molecule has 6 atom stereocenters. The van der Waals surface area contributed by atoms with Crippen molar-refractivity contribution in [3.05, 3.63) is 60.8 Å². The van der Waals surface area contributed by atoms with Gasteiger partial charge in [0.15, 0.2) is 24.6 Å². The second kappa shape index (κ2) is 41.8. The van der Waals surface area contributed by atoms with Crippen molar-refractivity contribution in [3.63, 3.8) is 0 Å². The highest BCUT2D eigenvalue weighted by Crippen LogP contribution is 2.26. The summed E-state index contributed by atoms with van der Waals surface area (Å²) in [7, 11) is 0. The number of hydrogen-bond acceptors (Lipinski definition) is 11. The molecule has 0 aromatic heterocycles. The van der Waals surface area contributed by atoms with E-state index in [1.165, 1.54) is 57.8 Å². The van der Waals surface area contributed by atoms with Crippen LogP contribution in [-0.2, 0) is 42.9 Å². The Kier molecular flexibility index (Phi) is 38.2. The second-order valence-electron chi connectivity index (χ2n) is 17.1. The van der Waals surface area contributed by atoms with Gasteiger partial charge in [-0.1, -0.05) is 178 Å². The maximum absolute atomic E-state index is 13.0. The van der Waals surface area contributed by atoms with Crippen LogP contribution >= 0.6 is 0 Å². The van der Waals surface area contributed by atoms with E-state index in [0.717, 1.165) is 77.0 Å². The fourth-order valence-electron chi connectivity index (χ4n) is 7.18. The third-order valence-electron chi connectivity index (χ3n) is 11.1. The first-order valence-corrected chi connectivity index (χ1v) is 25.3. The van der Waals surface area contributed by atoms with Gasteiger partial charge in [-0.15, -0.1) is 0 Å². The largest absolute Gasteiger partial charge is 0.479 e. The van der Waals surface area contributed by atoms with Gasteiger partial charge in [0, 0.05) is 19.3 Å². The van der Waals surface area contributed by atoms with Crippen LogP contribution in [0.2, 0.25) is 0 Å². The zero-order valence-electron chi connectivity index (χ0n) is 40.5. The average Bonchev–Trinajstić information content (AvgIpc) is 3.29. The minimum atomic E-state index is -1.92. The zero-order chi connectivity index (χ0) is 47.6. The number of carbonyl (C=O) groups is 4. The monoisotopic (exact) mass is 917 g/mol. The highest BCUT2D eigenvalue weighted by molar-refractivity contribution is 5.74. The van der Waals surface area contributed by atoms with Crippen molar-refractivity contribution >= 4 is 23.9 Å². The van der Waals surface area contributed by atoms with Gasteiger partial charge in [0.2, 0.25) is 0 Å². The fourth-order valence-corrected chi connectivity index (χ4v) is 7.18. The van der Waals surface area contributed by atoms with E-state index in [4.69, 9.17) is 23.7 Å². The van der Waals surface area contributed by atoms with E-state index in [1.807, 2.05) is 18.2 Å². The van der Waals surface area contributed by atoms with E-state index in [9.17, 15) is 34.5 Å². The first-order valence-electron chi connectivity index (χ1n) is 25.3. The lowest BCUT2D eigenvalue weighted by molar-refractivity contribution is -0.301. The van der Waals surface area contributed by atoms with Crippen LogP contribution in [-0.4, -0.2) is 89.2 Å². The topological polar surface area (TPSA) is 175 Å². The number of aliphatic hydroxyl groups excluding tert-OH is 2. The van der Waals surface area contributed by atoms with Gasteiger partial charge >= 0.3 is 23.9 Å². The molecule has 1 fully saturated rings. The number of carboxylic acids is 1. The maximum atomic E-state index is 13.0. The van der Waals surface area contributed by atoms with Crippen LogP contribution < -0.4 is 0 Å². The smallest absolute Gasteiger partial charge is 0.335 e. The van der Waals surface area contributed by atoms with E-state index in [2.05, 4.69) is 63.3 Å². The molecule has 1 saturated heterocycles. The van der Waals surface area contributed by atoms with Gasteiger partial charge in [-0.05, 0) is 64.2 Å². The Bertz CT molecular complexity index is 1370. The summed E-state index contributed by atoms with van der Waals surface area (Å²) in [6.07, 6.45) is 36.7. The number of ether oxygens (including phenoxy) is 5. The molecule has 0 aromatic carbocycles. The molecular weight excluding hydrogens is 829 g/mol. The highest BCUT2D eigenvalue weighted by atomic mass is 16.7. The molecule has 372 valence electrons. The summed E-state index contributed by atoms with van der Waals surface area (Å²) < 4.78 is 28.1. The molecule has 0 radical (unpaired) electrons. The summed E-state index contributed by atoms with van der Waals surface area (Å²) >= 11 is 0. The molecule has 1 rings (SSSR count). The lowest BCUT2D eigenvalue weighted by atomic mass is 9.98. The SMILES string of the molecule is CC/C=C\C/C=C\C/C=C\C/C=C\CCC(=O)OC1C(OCC(COC(=O)CCCCCCC/C=C\CCCC)OC(=O)CCCCCCCCCCCCC)OC(C(=O)O)C(O)C1O. The van der Waals surface area contributed by atoms with Crippen molar-refractivity contribution in [2.24, 2.45) is 0 Å². The first kappa shape index (κ1) is 59.4. The molecule has 0 amide bonds. The van der Waals surface area contributed by atoms with E-state index in [0.29, 0.717) is 25.7 Å². The third kappa shape index (κ3) is 32.7. The standard InChI is InChI=1S/C53H88O12/c1-4-7-10-13-16-19-22-23-26-29-32-35-38-41-47(56)64-51-49(58)48(57)50(52(59)60)65-53(51)62-43-44(63-46(55)40-37-34-31-28-25-21-18-15-12-9-6-3)42-61-45(54)39-36-33-30-27-24-20-17-14-11-8-5-2/h7,10,14,16-17,19,23,26,32,35,44,48-51,53,57-58H,4-6,8-9,11-13,15,18,20-22,24-25,27-31,33-34,36-43H2,1-3H3,(H,59,60)/b10-7-,17-14-,19-16-,26-23-,35-32-. The predicted octanol–water partition coefficient (Wildman–Crippen LogP) is 11.7. The molecule has 12 heteroatoms. The van der Waals surface area contributed by atoms with Crippen molar-refractivity contribution in [2.45, 2.75) is 237 Å². The number of aliphatic carboxylic acids is 1. The number of unbranched alkanes of at least 4 members (excludes halogenated alkanes) is 17. The van der Waals surface area contributed by atoms with Gasteiger partial charge in [0.1, 0.15) is 18.8 Å². The number of esters is 3. The molecule has 1 heterocycles. The molecule has 0 spiro atoms. The molecule has 1 aliphatic heterocycles. The Hall–Kier alpha value is -3.58. The van der Waals surface area contributed by atoms with Gasteiger partial charge in [0.25, 0.3) is 0 Å². The Morgan fingerprint density at radius 3 is 1.58 bits per heavy atom.